The zero-order valence-electron chi connectivity index (χ0n) is 8.03. The highest BCUT2D eigenvalue weighted by Crippen LogP contribution is 2.22. The zero-order valence-corrected chi connectivity index (χ0v) is 8.03. The van der Waals surface area contributed by atoms with Crippen molar-refractivity contribution in [1.82, 2.24) is 10.6 Å². The molecule has 1 saturated carbocycles. The molecule has 12 heavy (non-hydrogen) atoms. The third kappa shape index (κ3) is 3.16. The van der Waals surface area contributed by atoms with Crippen LogP contribution in [-0.4, -0.2) is 13.6 Å². The Kier molecular flexibility index (Phi) is 3.98. The predicted octanol–water partition coefficient (Wildman–Crippen LogP) is 1.85. The van der Waals surface area contributed by atoms with E-state index in [1.807, 2.05) is 7.05 Å². The summed E-state index contributed by atoms with van der Waals surface area (Å²) in [7, 11) is 1.90. The van der Waals surface area contributed by atoms with Gasteiger partial charge in [0.25, 0.3) is 0 Å². The summed E-state index contributed by atoms with van der Waals surface area (Å²) in [6, 6.07) is 0. The lowest BCUT2D eigenvalue weighted by atomic mass is 9.89. The normalized spacial score (nSPS) is 18.8. The van der Waals surface area contributed by atoms with E-state index >= 15 is 0 Å². The summed E-state index contributed by atoms with van der Waals surface area (Å²) in [5, 5.41) is 6.30. The molecule has 2 nitrogen and oxygen atoms in total. The Balaban J connectivity index is 2.09. The quantitative estimate of drug-likeness (QED) is 0.669. The average molecular weight is 168 g/mol. The van der Waals surface area contributed by atoms with Gasteiger partial charge in [0, 0.05) is 13.6 Å². The summed E-state index contributed by atoms with van der Waals surface area (Å²) < 4.78 is 0. The molecular formula is C10H20N2. The summed E-state index contributed by atoms with van der Waals surface area (Å²) >= 11 is 0. The van der Waals surface area contributed by atoms with Gasteiger partial charge in [0.2, 0.25) is 0 Å². The second-order valence-corrected chi connectivity index (χ2v) is 3.61. The third-order valence-corrected chi connectivity index (χ3v) is 2.63. The first-order chi connectivity index (χ1) is 5.83. The molecule has 2 N–H and O–H groups in total. The molecule has 1 aliphatic carbocycles. The fourth-order valence-electron chi connectivity index (χ4n) is 1.75. The lowest BCUT2D eigenvalue weighted by Crippen LogP contribution is -2.28. The monoisotopic (exact) mass is 168 g/mol. The second kappa shape index (κ2) is 5.07. The highest BCUT2D eigenvalue weighted by atomic mass is 15.1. The highest BCUT2D eigenvalue weighted by molar-refractivity contribution is 4.86. The number of hydrogen-bond donors (Lipinski definition) is 2. The maximum Gasteiger partial charge on any atom is 0.0909 e. The maximum absolute atomic E-state index is 3.84. The largest absolute Gasteiger partial charge is 0.375 e. The van der Waals surface area contributed by atoms with Gasteiger partial charge in [0.1, 0.15) is 0 Å². The Bertz CT molecular complexity index is 137. The molecule has 0 atom stereocenters. The summed E-state index contributed by atoms with van der Waals surface area (Å²) in [6.07, 6.45) is 7.05. The van der Waals surface area contributed by atoms with Crippen molar-refractivity contribution in [2.75, 3.05) is 13.6 Å². The minimum absolute atomic E-state index is 0.879. The summed E-state index contributed by atoms with van der Waals surface area (Å²) in [6.45, 7) is 4.93. The molecule has 0 aromatic carbocycles. The minimum atomic E-state index is 0.879. The number of hydrogen-bond acceptors (Lipinski definition) is 2. The zero-order chi connectivity index (χ0) is 8.81. The molecule has 0 bridgehead atoms. The third-order valence-electron chi connectivity index (χ3n) is 2.63. The van der Waals surface area contributed by atoms with Gasteiger partial charge in [-0.1, -0.05) is 25.8 Å². The number of rotatable bonds is 4. The molecule has 0 heterocycles. The molecule has 0 unspecified atom stereocenters. The molecule has 0 spiro atoms. The van der Waals surface area contributed by atoms with Gasteiger partial charge >= 0.3 is 0 Å². The fourth-order valence-corrected chi connectivity index (χ4v) is 1.75. The first-order valence-corrected chi connectivity index (χ1v) is 4.93. The molecule has 0 aromatic heterocycles. The maximum atomic E-state index is 3.84. The van der Waals surface area contributed by atoms with E-state index in [0.717, 1.165) is 18.3 Å². The van der Waals surface area contributed by atoms with Crippen LogP contribution in [0.3, 0.4) is 0 Å². The predicted molar refractivity (Wildman–Crippen MR) is 52.8 cm³/mol. The molecule has 1 fully saturated rings. The smallest absolute Gasteiger partial charge is 0.0909 e. The Morgan fingerprint density at radius 2 is 2.00 bits per heavy atom. The van der Waals surface area contributed by atoms with Gasteiger partial charge in [0.05, 0.1) is 5.82 Å². The van der Waals surface area contributed by atoms with Gasteiger partial charge in [-0.25, -0.2) is 0 Å². The molecule has 1 rings (SSSR count). The SMILES string of the molecule is C=C(NC)NCC1CCCCC1. The topological polar surface area (TPSA) is 24.1 Å². The van der Waals surface area contributed by atoms with Crippen molar-refractivity contribution in [3.05, 3.63) is 12.4 Å². The van der Waals surface area contributed by atoms with E-state index in [9.17, 15) is 0 Å². The summed E-state index contributed by atoms with van der Waals surface area (Å²) in [5.41, 5.74) is 0. The van der Waals surface area contributed by atoms with Gasteiger partial charge in [0.15, 0.2) is 0 Å². The van der Waals surface area contributed by atoms with Crippen LogP contribution < -0.4 is 10.6 Å². The fraction of sp³-hybridized carbons (Fsp3) is 0.800. The Labute approximate surface area is 75.4 Å². The van der Waals surface area contributed by atoms with E-state index in [1.165, 1.54) is 32.1 Å². The van der Waals surface area contributed by atoms with Crippen LogP contribution in [0.2, 0.25) is 0 Å². The van der Waals surface area contributed by atoms with E-state index in [4.69, 9.17) is 0 Å². The average Bonchev–Trinajstić information content (AvgIpc) is 2.16. The highest BCUT2D eigenvalue weighted by Gasteiger charge is 2.12. The van der Waals surface area contributed by atoms with Crippen LogP contribution in [0.5, 0.6) is 0 Å². The van der Waals surface area contributed by atoms with E-state index in [-0.39, 0.29) is 0 Å². The molecular weight excluding hydrogens is 148 g/mol. The first kappa shape index (κ1) is 9.43. The van der Waals surface area contributed by atoms with Crippen molar-refractivity contribution in [2.45, 2.75) is 32.1 Å². The molecule has 1 aliphatic rings. The van der Waals surface area contributed by atoms with Crippen molar-refractivity contribution < 1.29 is 0 Å². The van der Waals surface area contributed by atoms with Crippen LogP contribution in [0, 0.1) is 5.92 Å². The number of nitrogens with one attached hydrogen (secondary N) is 2. The molecule has 70 valence electrons. The van der Waals surface area contributed by atoms with Crippen molar-refractivity contribution in [2.24, 2.45) is 5.92 Å². The van der Waals surface area contributed by atoms with E-state index < -0.39 is 0 Å². The van der Waals surface area contributed by atoms with E-state index in [0.29, 0.717) is 0 Å². The van der Waals surface area contributed by atoms with Crippen LogP contribution >= 0.6 is 0 Å². The first-order valence-electron chi connectivity index (χ1n) is 4.93. The van der Waals surface area contributed by atoms with Crippen LogP contribution in [0.4, 0.5) is 0 Å². The second-order valence-electron chi connectivity index (χ2n) is 3.61. The summed E-state index contributed by atoms with van der Waals surface area (Å²) in [5.74, 6) is 1.82. The molecule has 0 aliphatic heterocycles. The van der Waals surface area contributed by atoms with Crippen molar-refractivity contribution in [3.63, 3.8) is 0 Å². The van der Waals surface area contributed by atoms with Gasteiger partial charge in [-0.2, -0.15) is 0 Å². The van der Waals surface area contributed by atoms with Crippen LogP contribution in [0.15, 0.2) is 12.4 Å². The van der Waals surface area contributed by atoms with Crippen LogP contribution in [-0.2, 0) is 0 Å². The Morgan fingerprint density at radius 1 is 1.33 bits per heavy atom. The molecule has 0 radical (unpaired) electrons. The van der Waals surface area contributed by atoms with E-state index in [2.05, 4.69) is 17.2 Å². The van der Waals surface area contributed by atoms with Gasteiger partial charge in [-0.3, -0.25) is 0 Å². The molecule has 0 saturated heterocycles. The van der Waals surface area contributed by atoms with Crippen LogP contribution in [0.25, 0.3) is 0 Å². The van der Waals surface area contributed by atoms with Gasteiger partial charge < -0.3 is 10.6 Å². The van der Waals surface area contributed by atoms with Crippen LogP contribution in [0.1, 0.15) is 32.1 Å². The summed E-state index contributed by atoms with van der Waals surface area (Å²) in [4.78, 5) is 0. The van der Waals surface area contributed by atoms with Crippen molar-refractivity contribution in [3.8, 4) is 0 Å². The lowest BCUT2D eigenvalue weighted by molar-refractivity contribution is 0.349. The van der Waals surface area contributed by atoms with E-state index in [1.54, 1.807) is 0 Å². The van der Waals surface area contributed by atoms with Gasteiger partial charge in [-0.05, 0) is 18.8 Å². The molecule has 0 amide bonds. The Morgan fingerprint density at radius 3 is 2.58 bits per heavy atom. The molecule has 2 heteroatoms. The standard InChI is InChI=1S/C10H20N2/c1-9(11-2)12-8-10-6-4-3-5-7-10/h10-12H,1,3-8H2,2H3. The van der Waals surface area contributed by atoms with Crippen molar-refractivity contribution >= 4 is 0 Å². The Hall–Kier alpha value is -0.660. The molecule has 0 aromatic rings. The lowest BCUT2D eigenvalue weighted by Gasteiger charge is -2.22. The van der Waals surface area contributed by atoms with Gasteiger partial charge in [-0.15, -0.1) is 0 Å². The van der Waals surface area contributed by atoms with Crippen molar-refractivity contribution in [1.29, 1.82) is 0 Å². The minimum Gasteiger partial charge on any atom is -0.375 e.